The van der Waals surface area contributed by atoms with Crippen molar-refractivity contribution in [3.05, 3.63) is 30.0 Å². The summed E-state index contributed by atoms with van der Waals surface area (Å²) in [6.07, 6.45) is 0. The molecule has 17 heavy (non-hydrogen) atoms. The summed E-state index contributed by atoms with van der Waals surface area (Å²) in [4.78, 5) is 2.31. The molecule has 1 N–H and O–H groups in total. The van der Waals surface area contributed by atoms with Crippen LogP contribution < -0.4 is 0 Å². The van der Waals surface area contributed by atoms with E-state index >= 15 is 0 Å². The summed E-state index contributed by atoms with van der Waals surface area (Å²) in [6, 6.07) is 7.16. The van der Waals surface area contributed by atoms with E-state index in [0.29, 0.717) is 0 Å². The van der Waals surface area contributed by atoms with E-state index in [-0.39, 0.29) is 5.75 Å². The quantitative estimate of drug-likeness (QED) is 0.861. The molecule has 1 saturated heterocycles. The van der Waals surface area contributed by atoms with Gasteiger partial charge in [0.25, 0.3) is 0 Å². The maximum atomic E-state index is 9.39. The van der Waals surface area contributed by atoms with Gasteiger partial charge < -0.3 is 14.3 Å². The fourth-order valence-electron chi connectivity index (χ4n) is 2.14. The van der Waals surface area contributed by atoms with Crippen LogP contribution in [0.15, 0.2) is 28.7 Å². The summed E-state index contributed by atoms with van der Waals surface area (Å²) < 4.78 is 11.0. The third-order valence-corrected chi connectivity index (χ3v) is 3.03. The average Bonchev–Trinajstić information content (AvgIpc) is 2.71. The van der Waals surface area contributed by atoms with Crippen molar-refractivity contribution in [2.75, 3.05) is 26.3 Å². The molecule has 1 aliphatic heterocycles. The number of phenolic OH excluding ortho intramolecular Hbond substituents is 1. The number of hydrogen-bond acceptors (Lipinski definition) is 4. The number of phenols is 1. The van der Waals surface area contributed by atoms with Crippen LogP contribution in [0.2, 0.25) is 0 Å². The van der Waals surface area contributed by atoms with Gasteiger partial charge in [0.2, 0.25) is 0 Å². The lowest BCUT2D eigenvalue weighted by Gasteiger charge is -2.25. The number of fused-ring (bicyclic) bond motifs is 1. The van der Waals surface area contributed by atoms with Gasteiger partial charge in [0, 0.05) is 18.5 Å². The van der Waals surface area contributed by atoms with Crippen LogP contribution in [0.1, 0.15) is 5.76 Å². The van der Waals surface area contributed by atoms with Crippen molar-refractivity contribution in [1.82, 2.24) is 4.90 Å². The van der Waals surface area contributed by atoms with E-state index in [4.69, 9.17) is 9.15 Å². The van der Waals surface area contributed by atoms with Crippen LogP contribution in [0.25, 0.3) is 11.0 Å². The predicted molar refractivity (Wildman–Crippen MR) is 64.0 cm³/mol. The van der Waals surface area contributed by atoms with Crippen molar-refractivity contribution in [1.29, 1.82) is 0 Å². The SMILES string of the molecule is Oc1ccc2oc(CN3CCOCC3)cc2c1. The average molecular weight is 233 g/mol. The molecule has 1 aromatic carbocycles. The van der Waals surface area contributed by atoms with Crippen molar-refractivity contribution in [2.45, 2.75) is 6.54 Å². The summed E-state index contributed by atoms with van der Waals surface area (Å²) in [5.41, 5.74) is 0.825. The van der Waals surface area contributed by atoms with E-state index in [2.05, 4.69) is 4.90 Å². The number of ether oxygens (including phenoxy) is 1. The standard InChI is InChI=1S/C13H15NO3/c15-11-1-2-13-10(7-11)8-12(17-13)9-14-3-5-16-6-4-14/h1-2,7-8,15H,3-6,9H2. The van der Waals surface area contributed by atoms with Gasteiger partial charge in [-0.05, 0) is 24.3 Å². The van der Waals surface area contributed by atoms with Gasteiger partial charge in [-0.2, -0.15) is 0 Å². The number of benzene rings is 1. The molecule has 3 rings (SSSR count). The Balaban J connectivity index is 1.80. The highest BCUT2D eigenvalue weighted by Gasteiger charge is 2.13. The molecule has 4 nitrogen and oxygen atoms in total. The Labute approximate surface area is 99.4 Å². The lowest BCUT2D eigenvalue weighted by Crippen LogP contribution is -2.35. The number of nitrogens with zero attached hydrogens (tertiary/aromatic N) is 1. The van der Waals surface area contributed by atoms with Crippen LogP contribution in [0.3, 0.4) is 0 Å². The summed E-state index contributed by atoms with van der Waals surface area (Å²) in [5, 5.41) is 10.3. The van der Waals surface area contributed by atoms with E-state index in [0.717, 1.165) is 49.6 Å². The van der Waals surface area contributed by atoms with Crippen LogP contribution in [0.4, 0.5) is 0 Å². The Morgan fingerprint density at radius 2 is 2.00 bits per heavy atom. The molecule has 0 spiro atoms. The van der Waals surface area contributed by atoms with Gasteiger partial charge in [0.05, 0.1) is 19.8 Å². The molecule has 1 aromatic heterocycles. The van der Waals surface area contributed by atoms with Gasteiger partial charge >= 0.3 is 0 Å². The van der Waals surface area contributed by atoms with Gasteiger partial charge in [-0.25, -0.2) is 0 Å². The second kappa shape index (κ2) is 4.39. The first-order chi connectivity index (χ1) is 8.31. The van der Waals surface area contributed by atoms with Crippen molar-refractivity contribution >= 4 is 11.0 Å². The molecule has 90 valence electrons. The molecule has 1 fully saturated rings. The normalized spacial score (nSPS) is 17.6. The molecular weight excluding hydrogens is 218 g/mol. The molecule has 0 aliphatic carbocycles. The minimum absolute atomic E-state index is 0.274. The molecule has 2 aromatic rings. The minimum Gasteiger partial charge on any atom is -0.508 e. The lowest BCUT2D eigenvalue weighted by atomic mass is 10.2. The molecule has 0 radical (unpaired) electrons. The predicted octanol–water partition coefficient (Wildman–Crippen LogP) is 1.97. The third kappa shape index (κ3) is 2.28. The number of furan rings is 1. The Kier molecular flexibility index (Phi) is 2.74. The zero-order valence-corrected chi connectivity index (χ0v) is 9.56. The second-order valence-corrected chi connectivity index (χ2v) is 4.32. The van der Waals surface area contributed by atoms with Crippen molar-refractivity contribution in [3.8, 4) is 5.75 Å². The monoisotopic (exact) mass is 233 g/mol. The van der Waals surface area contributed by atoms with E-state index in [1.165, 1.54) is 0 Å². The first-order valence-corrected chi connectivity index (χ1v) is 5.83. The summed E-state index contributed by atoms with van der Waals surface area (Å²) in [6.45, 7) is 4.28. The highest BCUT2D eigenvalue weighted by atomic mass is 16.5. The van der Waals surface area contributed by atoms with Gasteiger partial charge in [-0.3, -0.25) is 4.90 Å². The molecule has 0 bridgehead atoms. The summed E-state index contributed by atoms with van der Waals surface area (Å²) in [7, 11) is 0. The Bertz CT molecular complexity index is 514. The van der Waals surface area contributed by atoms with Crippen molar-refractivity contribution < 1.29 is 14.3 Å². The summed E-state index contributed by atoms with van der Waals surface area (Å²) in [5.74, 6) is 1.21. The second-order valence-electron chi connectivity index (χ2n) is 4.32. The number of hydrogen-bond donors (Lipinski definition) is 1. The van der Waals surface area contributed by atoms with Crippen LogP contribution in [0, 0.1) is 0 Å². The van der Waals surface area contributed by atoms with Crippen LogP contribution in [0.5, 0.6) is 5.75 Å². The largest absolute Gasteiger partial charge is 0.508 e. The van der Waals surface area contributed by atoms with Gasteiger partial charge in [0.1, 0.15) is 17.1 Å². The molecule has 4 heteroatoms. The number of rotatable bonds is 2. The van der Waals surface area contributed by atoms with E-state index < -0.39 is 0 Å². The van der Waals surface area contributed by atoms with Crippen LogP contribution >= 0.6 is 0 Å². The van der Waals surface area contributed by atoms with Crippen LogP contribution in [-0.4, -0.2) is 36.3 Å². The highest BCUT2D eigenvalue weighted by Crippen LogP contribution is 2.24. The number of morpholine rings is 1. The van der Waals surface area contributed by atoms with Gasteiger partial charge in [-0.15, -0.1) is 0 Å². The number of aromatic hydroxyl groups is 1. The zero-order chi connectivity index (χ0) is 11.7. The van der Waals surface area contributed by atoms with Crippen molar-refractivity contribution in [3.63, 3.8) is 0 Å². The third-order valence-electron chi connectivity index (χ3n) is 3.03. The van der Waals surface area contributed by atoms with Crippen molar-refractivity contribution in [2.24, 2.45) is 0 Å². The maximum absolute atomic E-state index is 9.39. The van der Waals surface area contributed by atoms with E-state index in [1.54, 1.807) is 18.2 Å². The summed E-state index contributed by atoms with van der Waals surface area (Å²) >= 11 is 0. The fraction of sp³-hybridized carbons (Fsp3) is 0.385. The highest BCUT2D eigenvalue weighted by molar-refractivity contribution is 5.79. The maximum Gasteiger partial charge on any atom is 0.134 e. The Hall–Kier alpha value is -1.52. The molecule has 1 aliphatic rings. The first kappa shape index (κ1) is 10.6. The topological polar surface area (TPSA) is 45.8 Å². The van der Waals surface area contributed by atoms with E-state index in [9.17, 15) is 5.11 Å². The minimum atomic E-state index is 0.274. The first-order valence-electron chi connectivity index (χ1n) is 5.83. The van der Waals surface area contributed by atoms with E-state index in [1.807, 2.05) is 6.07 Å². The zero-order valence-electron chi connectivity index (χ0n) is 9.56. The molecule has 0 saturated carbocycles. The fourth-order valence-corrected chi connectivity index (χ4v) is 2.14. The van der Waals surface area contributed by atoms with Gasteiger partial charge in [-0.1, -0.05) is 0 Å². The Morgan fingerprint density at radius 1 is 1.18 bits per heavy atom. The van der Waals surface area contributed by atoms with Gasteiger partial charge in [0.15, 0.2) is 0 Å². The molecule has 0 amide bonds. The molecule has 0 atom stereocenters. The lowest BCUT2D eigenvalue weighted by molar-refractivity contribution is 0.0315. The molecular formula is C13H15NO3. The smallest absolute Gasteiger partial charge is 0.134 e. The molecule has 0 unspecified atom stereocenters. The van der Waals surface area contributed by atoms with Crippen LogP contribution in [-0.2, 0) is 11.3 Å². The molecule has 2 heterocycles. The Morgan fingerprint density at radius 3 is 2.82 bits per heavy atom.